The molecule has 1 aliphatic rings. The lowest BCUT2D eigenvalue weighted by molar-refractivity contribution is -0.122. The molecule has 1 atom stereocenters. The topological polar surface area (TPSA) is 105 Å². The van der Waals surface area contributed by atoms with Gasteiger partial charge in [0.15, 0.2) is 0 Å². The first-order valence-electron chi connectivity index (χ1n) is 11.2. The van der Waals surface area contributed by atoms with Crippen molar-refractivity contribution in [2.45, 2.75) is 58.4 Å². The predicted octanol–water partition coefficient (Wildman–Crippen LogP) is 2.97. The van der Waals surface area contributed by atoms with Crippen LogP contribution < -0.4 is 10.2 Å². The highest BCUT2D eigenvalue weighted by molar-refractivity contribution is 7.89. The SMILES string of the molecule is CCN(CC)S(=O)(=O)c1ccc(N2CC(C(=O)Nc3cc(C)nn3C(C)(C)C)CC2=O)cc1. The minimum absolute atomic E-state index is 0.0912. The second kappa shape index (κ2) is 9.26. The van der Waals surface area contributed by atoms with Crippen molar-refractivity contribution in [3.63, 3.8) is 0 Å². The summed E-state index contributed by atoms with van der Waals surface area (Å²) >= 11 is 0. The Hall–Kier alpha value is -2.72. The van der Waals surface area contributed by atoms with Gasteiger partial charge in [-0.3, -0.25) is 9.59 Å². The monoisotopic (exact) mass is 475 g/mol. The number of sulfonamides is 1. The van der Waals surface area contributed by atoms with Gasteiger partial charge in [0.1, 0.15) is 5.82 Å². The lowest BCUT2D eigenvalue weighted by Crippen LogP contribution is -2.31. The van der Waals surface area contributed by atoms with Gasteiger partial charge in [-0.05, 0) is 52.0 Å². The second-order valence-corrected chi connectivity index (χ2v) is 11.2. The van der Waals surface area contributed by atoms with E-state index in [9.17, 15) is 18.0 Å². The summed E-state index contributed by atoms with van der Waals surface area (Å²) in [5.74, 6) is -0.325. The van der Waals surface area contributed by atoms with Gasteiger partial charge in [0, 0.05) is 37.8 Å². The average Bonchev–Trinajstić information content (AvgIpc) is 3.31. The van der Waals surface area contributed by atoms with Crippen molar-refractivity contribution in [1.82, 2.24) is 14.1 Å². The molecule has 1 aromatic carbocycles. The van der Waals surface area contributed by atoms with Crippen molar-refractivity contribution in [3.05, 3.63) is 36.0 Å². The summed E-state index contributed by atoms with van der Waals surface area (Å²) < 4.78 is 28.5. The number of aromatic nitrogens is 2. The zero-order valence-electron chi connectivity index (χ0n) is 20.1. The first-order chi connectivity index (χ1) is 15.4. The molecule has 1 aliphatic heterocycles. The van der Waals surface area contributed by atoms with Gasteiger partial charge in [-0.2, -0.15) is 9.40 Å². The number of benzene rings is 1. The number of carbonyl (C=O) groups excluding carboxylic acids is 2. The van der Waals surface area contributed by atoms with Crippen LogP contribution >= 0.6 is 0 Å². The molecule has 33 heavy (non-hydrogen) atoms. The van der Waals surface area contributed by atoms with Gasteiger partial charge in [0.2, 0.25) is 21.8 Å². The number of hydrogen-bond donors (Lipinski definition) is 1. The fourth-order valence-electron chi connectivity index (χ4n) is 3.97. The minimum Gasteiger partial charge on any atom is -0.312 e. The number of nitrogens with one attached hydrogen (secondary N) is 1. The van der Waals surface area contributed by atoms with Crippen molar-refractivity contribution >= 4 is 33.3 Å². The highest BCUT2D eigenvalue weighted by atomic mass is 32.2. The van der Waals surface area contributed by atoms with Crippen LogP contribution in [-0.2, 0) is 25.2 Å². The summed E-state index contributed by atoms with van der Waals surface area (Å²) in [6.45, 7) is 12.4. The largest absolute Gasteiger partial charge is 0.312 e. The van der Waals surface area contributed by atoms with E-state index in [1.54, 1.807) is 30.7 Å². The number of aryl methyl sites for hydroxylation is 1. The Balaban J connectivity index is 1.74. The van der Waals surface area contributed by atoms with E-state index < -0.39 is 15.9 Å². The zero-order chi connectivity index (χ0) is 24.6. The molecule has 0 aliphatic carbocycles. The molecule has 1 aromatic heterocycles. The van der Waals surface area contributed by atoms with E-state index in [1.807, 2.05) is 33.8 Å². The third-order valence-corrected chi connectivity index (χ3v) is 7.77. The van der Waals surface area contributed by atoms with Crippen LogP contribution in [0.5, 0.6) is 0 Å². The van der Waals surface area contributed by atoms with Crippen LogP contribution in [0.3, 0.4) is 0 Å². The first-order valence-corrected chi connectivity index (χ1v) is 12.6. The van der Waals surface area contributed by atoms with Gasteiger partial charge < -0.3 is 10.2 Å². The molecule has 1 saturated heterocycles. The van der Waals surface area contributed by atoms with Gasteiger partial charge in [0.05, 0.1) is 22.0 Å². The summed E-state index contributed by atoms with van der Waals surface area (Å²) in [5, 5.41) is 7.39. The van der Waals surface area contributed by atoms with Crippen LogP contribution in [0.15, 0.2) is 35.2 Å². The molecule has 0 bridgehead atoms. The summed E-state index contributed by atoms with van der Waals surface area (Å²) in [6, 6.07) is 8.06. The Morgan fingerprint density at radius 3 is 2.33 bits per heavy atom. The maximum absolute atomic E-state index is 12.9. The van der Waals surface area contributed by atoms with Gasteiger partial charge in [-0.15, -0.1) is 0 Å². The standard InChI is InChI=1S/C23H33N5O4S/c1-7-26(8-2)33(31,32)19-11-9-18(10-12-19)27-15-17(14-21(27)29)22(30)24-20-13-16(3)25-28(20)23(4,5)6/h9-13,17H,7-8,14-15H2,1-6H3,(H,24,30). The van der Waals surface area contributed by atoms with E-state index >= 15 is 0 Å². The summed E-state index contributed by atoms with van der Waals surface area (Å²) in [5.41, 5.74) is 1.07. The molecule has 0 spiro atoms. The number of anilines is 2. The maximum atomic E-state index is 12.9. The summed E-state index contributed by atoms with van der Waals surface area (Å²) in [7, 11) is -3.57. The predicted molar refractivity (Wildman–Crippen MR) is 128 cm³/mol. The smallest absolute Gasteiger partial charge is 0.243 e. The Kier molecular flexibility index (Phi) is 6.99. The van der Waals surface area contributed by atoms with Crippen LogP contribution in [0.1, 0.15) is 46.7 Å². The normalized spacial score (nSPS) is 17.1. The molecule has 1 N–H and O–H groups in total. The molecule has 1 fully saturated rings. The Bertz CT molecular complexity index is 1130. The van der Waals surface area contributed by atoms with Crippen LogP contribution in [0.25, 0.3) is 0 Å². The number of carbonyl (C=O) groups is 2. The zero-order valence-corrected chi connectivity index (χ0v) is 20.9. The van der Waals surface area contributed by atoms with Crippen molar-refractivity contribution in [2.24, 2.45) is 5.92 Å². The van der Waals surface area contributed by atoms with Crippen LogP contribution in [0, 0.1) is 12.8 Å². The molecule has 2 amide bonds. The van der Waals surface area contributed by atoms with E-state index in [4.69, 9.17) is 0 Å². The van der Waals surface area contributed by atoms with E-state index in [2.05, 4.69) is 10.4 Å². The molecule has 2 heterocycles. The molecule has 9 nitrogen and oxygen atoms in total. The fourth-order valence-corrected chi connectivity index (χ4v) is 5.43. The molecular weight excluding hydrogens is 442 g/mol. The van der Waals surface area contributed by atoms with E-state index in [0.717, 1.165) is 5.69 Å². The number of hydrogen-bond acceptors (Lipinski definition) is 5. The highest BCUT2D eigenvalue weighted by Crippen LogP contribution is 2.28. The first kappa shape index (κ1) is 24.9. The van der Waals surface area contributed by atoms with Crippen molar-refractivity contribution < 1.29 is 18.0 Å². The fraction of sp³-hybridized carbons (Fsp3) is 0.522. The molecule has 1 unspecified atom stereocenters. The average molecular weight is 476 g/mol. The molecule has 0 saturated carbocycles. The van der Waals surface area contributed by atoms with Gasteiger partial charge in [-0.1, -0.05) is 13.8 Å². The number of rotatable bonds is 7. The molecule has 3 rings (SSSR count). The quantitative estimate of drug-likeness (QED) is 0.663. The molecular formula is C23H33N5O4S. The maximum Gasteiger partial charge on any atom is 0.243 e. The van der Waals surface area contributed by atoms with E-state index in [0.29, 0.717) is 24.6 Å². The van der Waals surface area contributed by atoms with Crippen LogP contribution in [-0.4, -0.2) is 54.0 Å². The Morgan fingerprint density at radius 2 is 1.79 bits per heavy atom. The van der Waals surface area contributed by atoms with E-state index in [-0.39, 0.29) is 35.2 Å². The summed E-state index contributed by atoms with van der Waals surface area (Å²) in [6.07, 6.45) is 0.0912. The highest BCUT2D eigenvalue weighted by Gasteiger charge is 2.36. The Morgan fingerprint density at radius 1 is 1.18 bits per heavy atom. The molecule has 2 aromatic rings. The molecule has 0 radical (unpaired) electrons. The van der Waals surface area contributed by atoms with Crippen molar-refractivity contribution in [1.29, 1.82) is 0 Å². The Labute approximate surface area is 195 Å². The van der Waals surface area contributed by atoms with Gasteiger partial charge >= 0.3 is 0 Å². The molecule has 10 heteroatoms. The minimum atomic E-state index is -3.57. The van der Waals surface area contributed by atoms with Crippen molar-refractivity contribution in [3.8, 4) is 0 Å². The number of amides is 2. The lowest BCUT2D eigenvalue weighted by atomic mass is 10.1. The van der Waals surface area contributed by atoms with Crippen LogP contribution in [0.4, 0.5) is 11.5 Å². The third kappa shape index (κ3) is 5.11. The third-order valence-electron chi connectivity index (χ3n) is 5.71. The van der Waals surface area contributed by atoms with Crippen LogP contribution in [0.2, 0.25) is 0 Å². The van der Waals surface area contributed by atoms with Crippen molar-refractivity contribution in [2.75, 3.05) is 29.9 Å². The van der Waals surface area contributed by atoms with E-state index in [1.165, 1.54) is 21.3 Å². The lowest BCUT2D eigenvalue weighted by Gasteiger charge is -2.23. The second-order valence-electron chi connectivity index (χ2n) is 9.23. The van der Waals surface area contributed by atoms with Gasteiger partial charge in [0.25, 0.3) is 0 Å². The van der Waals surface area contributed by atoms with Gasteiger partial charge in [-0.25, -0.2) is 13.1 Å². The molecule has 180 valence electrons. The number of nitrogens with zero attached hydrogens (tertiary/aromatic N) is 4. The summed E-state index contributed by atoms with van der Waals surface area (Å²) in [4.78, 5) is 27.3.